The van der Waals surface area contributed by atoms with Crippen molar-refractivity contribution in [2.45, 2.75) is 18.9 Å². The molecule has 0 saturated heterocycles. The fourth-order valence-electron chi connectivity index (χ4n) is 1.15. The number of hydrogen-bond donors (Lipinski definition) is 1. The Labute approximate surface area is 81.9 Å². The molecule has 0 aromatic heterocycles. The minimum absolute atomic E-state index is 0.107. The van der Waals surface area contributed by atoms with Crippen LogP contribution in [0, 0.1) is 5.92 Å². The fraction of sp³-hybridized carbons (Fsp3) is 0.556. The van der Waals surface area contributed by atoms with E-state index >= 15 is 0 Å². The zero-order chi connectivity index (χ0) is 10.8. The minimum Gasteiger partial charge on any atom is -0.434 e. The summed E-state index contributed by atoms with van der Waals surface area (Å²) in [5, 5.41) is 0. The van der Waals surface area contributed by atoms with Gasteiger partial charge in [0.1, 0.15) is 5.54 Å². The van der Waals surface area contributed by atoms with Crippen LogP contribution in [-0.2, 0) is 14.3 Å². The summed E-state index contributed by atoms with van der Waals surface area (Å²) in [4.78, 5) is 22.1. The summed E-state index contributed by atoms with van der Waals surface area (Å²) in [5.74, 6) is -0.856. The summed E-state index contributed by atoms with van der Waals surface area (Å²) < 4.78 is 8.82. The van der Waals surface area contributed by atoms with Gasteiger partial charge in [0.15, 0.2) is 0 Å². The van der Waals surface area contributed by atoms with Crippen molar-refractivity contribution in [2.24, 2.45) is 11.7 Å². The van der Waals surface area contributed by atoms with E-state index < -0.39 is 17.7 Å². The first-order valence-corrected chi connectivity index (χ1v) is 4.35. The predicted molar refractivity (Wildman–Crippen MR) is 48.3 cm³/mol. The molecule has 5 heteroatoms. The Morgan fingerprint density at radius 1 is 1.71 bits per heavy atom. The van der Waals surface area contributed by atoms with Gasteiger partial charge in [0, 0.05) is 5.92 Å². The largest absolute Gasteiger partial charge is 0.516 e. The number of nitrogens with two attached hydrogens (primary N) is 1. The van der Waals surface area contributed by atoms with Crippen molar-refractivity contribution in [1.29, 1.82) is 0 Å². The van der Waals surface area contributed by atoms with Gasteiger partial charge in [-0.05, 0) is 13.3 Å². The number of carbonyl (C=O) groups excluding carboxylic acids is 2. The molecular weight excluding hydrogens is 186 g/mol. The van der Waals surface area contributed by atoms with Gasteiger partial charge >= 0.3 is 12.1 Å². The second-order valence-corrected chi connectivity index (χ2v) is 3.16. The molecule has 5 nitrogen and oxygen atoms in total. The van der Waals surface area contributed by atoms with E-state index in [9.17, 15) is 9.59 Å². The normalized spacial score (nSPS) is 29.1. The lowest BCUT2D eigenvalue weighted by atomic mass is 10.2. The van der Waals surface area contributed by atoms with E-state index in [1.807, 2.05) is 0 Å². The van der Waals surface area contributed by atoms with Crippen LogP contribution < -0.4 is 5.73 Å². The third-order valence-corrected chi connectivity index (χ3v) is 2.16. The van der Waals surface area contributed by atoms with Gasteiger partial charge in [-0.25, -0.2) is 9.59 Å². The van der Waals surface area contributed by atoms with Crippen LogP contribution in [0.3, 0.4) is 0 Å². The molecule has 2 N–H and O–H groups in total. The summed E-state index contributed by atoms with van der Waals surface area (Å²) in [7, 11) is 0. The zero-order valence-corrected chi connectivity index (χ0v) is 7.99. The van der Waals surface area contributed by atoms with Crippen molar-refractivity contribution in [3.05, 3.63) is 12.7 Å². The Hall–Kier alpha value is -1.36. The SMILES string of the molecule is C=C[C@@H]1C[C@]1(N)C(=O)OC(=O)OCC. The Balaban J connectivity index is 2.44. The highest BCUT2D eigenvalue weighted by molar-refractivity contribution is 5.91. The molecule has 0 unspecified atom stereocenters. The van der Waals surface area contributed by atoms with Crippen LogP contribution in [0.4, 0.5) is 4.79 Å². The van der Waals surface area contributed by atoms with E-state index in [-0.39, 0.29) is 12.5 Å². The number of esters is 1. The molecule has 1 saturated carbocycles. The molecule has 0 aromatic rings. The molecule has 1 aliphatic carbocycles. The lowest BCUT2D eigenvalue weighted by Gasteiger charge is -2.08. The summed E-state index contributed by atoms with van der Waals surface area (Å²) in [5.41, 5.74) is 4.56. The van der Waals surface area contributed by atoms with Gasteiger partial charge < -0.3 is 15.2 Å². The van der Waals surface area contributed by atoms with Crippen molar-refractivity contribution in [3.8, 4) is 0 Å². The number of hydrogen-bond acceptors (Lipinski definition) is 5. The molecule has 0 spiro atoms. The topological polar surface area (TPSA) is 78.6 Å². The van der Waals surface area contributed by atoms with Crippen molar-refractivity contribution in [2.75, 3.05) is 6.61 Å². The summed E-state index contributed by atoms with van der Waals surface area (Å²) in [6.45, 7) is 5.29. The standard InChI is InChI=1S/C9H13NO4/c1-3-6-5-9(6,10)7(11)14-8(12)13-4-2/h3,6H,1,4-5,10H2,2H3/t6-,9-/m1/s1. The van der Waals surface area contributed by atoms with Crippen LogP contribution in [-0.4, -0.2) is 24.3 Å². The lowest BCUT2D eigenvalue weighted by molar-refractivity contribution is -0.142. The molecule has 1 fully saturated rings. The molecule has 1 rings (SSSR count). The molecule has 1 aliphatic rings. The number of ether oxygens (including phenoxy) is 2. The average molecular weight is 199 g/mol. The fourth-order valence-corrected chi connectivity index (χ4v) is 1.15. The molecule has 0 heterocycles. The molecule has 2 atom stereocenters. The summed E-state index contributed by atoms with van der Waals surface area (Å²) in [6, 6.07) is 0. The van der Waals surface area contributed by atoms with E-state index in [1.54, 1.807) is 13.0 Å². The Kier molecular flexibility index (Phi) is 2.90. The lowest BCUT2D eigenvalue weighted by Crippen LogP contribution is -2.38. The second kappa shape index (κ2) is 3.79. The monoisotopic (exact) mass is 199 g/mol. The molecule has 0 amide bonds. The first-order valence-electron chi connectivity index (χ1n) is 4.35. The Morgan fingerprint density at radius 2 is 2.36 bits per heavy atom. The van der Waals surface area contributed by atoms with Crippen molar-refractivity contribution < 1.29 is 19.1 Å². The van der Waals surface area contributed by atoms with Crippen LogP contribution in [0.25, 0.3) is 0 Å². The van der Waals surface area contributed by atoms with E-state index in [0.717, 1.165) is 0 Å². The highest BCUT2D eigenvalue weighted by atomic mass is 16.7. The maximum Gasteiger partial charge on any atom is 0.516 e. The van der Waals surface area contributed by atoms with Gasteiger partial charge in [-0.1, -0.05) is 6.08 Å². The maximum atomic E-state index is 11.3. The van der Waals surface area contributed by atoms with Gasteiger partial charge in [0.2, 0.25) is 0 Å². The molecule has 0 radical (unpaired) electrons. The first-order chi connectivity index (χ1) is 6.54. The van der Waals surface area contributed by atoms with E-state index in [2.05, 4.69) is 16.1 Å². The van der Waals surface area contributed by atoms with Crippen LogP contribution in [0.1, 0.15) is 13.3 Å². The van der Waals surface area contributed by atoms with E-state index in [0.29, 0.717) is 6.42 Å². The second-order valence-electron chi connectivity index (χ2n) is 3.16. The van der Waals surface area contributed by atoms with Crippen LogP contribution in [0.2, 0.25) is 0 Å². The Morgan fingerprint density at radius 3 is 2.79 bits per heavy atom. The number of rotatable bonds is 3. The van der Waals surface area contributed by atoms with Crippen LogP contribution >= 0.6 is 0 Å². The van der Waals surface area contributed by atoms with E-state index in [4.69, 9.17) is 5.73 Å². The highest BCUT2D eigenvalue weighted by Crippen LogP contribution is 2.42. The molecule has 0 bridgehead atoms. The van der Waals surface area contributed by atoms with Crippen LogP contribution in [0.5, 0.6) is 0 Å². The molecule has 78 valence electrons. The van der Waals surface area contributed by atoms with Crippen molar-refractivity contribution in [1.82, 2.24) is 0 Å². The third-order valence-electron chi connectivity index (χ3n) is 2.16. The minimum atomic E-state index is -1.07. The van der Waals surface area contributed by atoms with Crippen molar-refractivity contribution in [3.63, 3.8) is 0 Å². The summed E-state index contributed by atoms with van der Waals surface area (Å²) >= 11 is 0. The smallest absolute Gasteiger partial charge is 0.434 e. The van der Waals surface area contributed by atoms with Crippen molar-refractivity contribution >= 4 is 12.1 Å². The maximum absolute atomic E-state index is 11.3. The number of carbonyl (C=O) groups is 2. The molecule has 0 aromatic carbocycles. The van der Waals surface area contributed by atoms with E-state index in [1.165, 1.54) is 0 Å². The van der Waals surface area contributed by atoms with Gasteiger partial charge in [0.25, 0.3) is 0 Å². The molecule has 14 heavy (non-hydrogen) atoms. The third kappa shape index (κ3) is 1.93. The van der Waals surface area contributed by atoms with Gasteiger partial charge in [-0.2, -0.15) is 0 Å². The highest BCUT2D eigenvalue weighted by Gasteiger charge is 2.57. The zero-order valence-electron chi connectivity index (χ0n) is 7.99. The predicted octanol–water partition coefficient (Wildman–Crippen LogP) is 0.590. The van der Waals surface area contributed by atoms with Gasteiger partial charge in [-0.15, -0.1) is 6.58 Å². The summed E-state index contributed by atoms with van der Waals surface area (Å²) in [6.07, 6.45) is 1.04. The van der Waals surface area contributed by atoms with Gasteiger partial charge in [-0.3, -0.25) is 0 Å². The van der Waals surface area contributed by atoms with Crippen LogP contribution in [0.15, 0.2) is 12.7 Å². The molecular formula is C9H13NO4. The first kappa shape index (κ1) is 10.7. The van der Waals surface area contributed by atoms with Gasteiger partial charge in [0.05, 0.1) is 6.61 Å². The quantitative estimate of drug-likeness (QED) is 0.409. The average Bonchev–Trinajstić information content (AvgIpc) is 2.79. The Bertz CT molecular complexity index is 276. The molecule has 0 aliphatic heterocycles.